The molecule has 3 nitrogen and oxygen atoms in total. The second kappa shape index (κ2) is 6.00. The van der Waals surface area contributed by atoms with Gasteiger partial charge in [0.15, 0.2) is 0 Å². The van der Waals surface area contributed by atoms with E-state index in [4.69, 9.17) is 0 Å². The van der Waals surface area contributed by atoms with Gasteiger partial charge < -0.3 is 0 Å². The molecule has 2 aromatic rings. The van der Waals surface area contributed by atoms with Crippen molar-refractivity contribution in [2.75, 3.05) is 0 Å². The van der Waals surface area contributed by atoms with Crippen LogP contribution in [0.1, 0.15) is 35.2 Å². The van der Waals surface area contributed by atoms with Crippen molar-refractivity contribution in [3.63, 3.8) is 0 Å². The van der Waals surface area contributed by atoms with Crippen LogP contribution in [-0.4, -0.2) is 8.42 Å². The van der Waals surface area contributed by atoms with Crippen LogP contribution in [0.2, 0.25) is 0 Å². The Morgan fingerprint density at radius 2 is 1.48 bits per heavy atom. The lowest BCUT2D eigenvalue weighted by atomic mass is 9.97. The molecule has 0 saturated carbocycles. The number of rotatable bonds is 4. The number of benzene rings is 2. The molecule has 21 heavy (non-hydrogen) atoms. The Kier molecular flexibility index (Phi) is 4.49. The lowest BCUT2D eigenvalue weighted by Gasteiger charge is -2.18. The van der Waals surface area contributed by atoms with Crippen molar-refractivity contribution in [3.05, 3.63) is 64.7 Å². The number of hydrogen-bond acceptors (Lipinski definition) is 2. The van der Waals surface area contributed by atoms with Crippen molar-refractivity contribution >= 4 is 10.0 Å². The fraction of sp³-hybridized carbons (Fsp3) is 0.294. The maximum Gasteiger partial charge on any atom is 0.241 e. The summed E-state index contributed by atoms with van der Waals surface area (Å²) in [5.41, 5.74) is 4.50. The summed E-state index contributed by atoms with van der Waals surface area (Å²) in [5, 5.41) is 0. The molecule has 0 bridgehead atoms. The van der Waals surface area contributed by atoms with Gasteiger partial charge in [-0.25, -0.2) is 13.1 Å². The predicted molar refractivity (Wildman–Crippen MR) is 85.8 cm³/mol. The Bertz CT molecular complexity index is 737. The Hall–Kier alpha value is -1.65. The van der Waals surface area contributed by atoms with Gasteiger partial charge in [-0.3, -0.25) is 0 Å². The van der Waals surface area contributed by atoms with Crippen LogP contribution in [0.3, 0.4) is 0 Å². The molecular formula is C17H21NO2S. The number of nitrogens with one attached hydrogen (secondary N) is 1. The van der Waals surface area contributed by atoms with Crippen LogP contribution >= 0.6 is 0 Å². The molecule has 0 aliphatic carbocycles. The van der Waals surface area contributed by atoms with Gasteiger partial charge in [-0.05, 0) is 62.1 Å². The molecule has 0 amide bonds. The van der Waals surface area contributed by atoms with Gasteiger partial charge in [0.25, 0.3) is 0 Å². The van der Waals surface area contributed by atoms with Crippen LogP contribution in [0.4, 0.5) is 0 Å². The molecule has 0 aliphatic rings. The fourth-order valence-corrected chi connectivity index (χ4v) is 3.66. The van der Waals surface area contributed by atoms with Crippen LogP contribution in [0.15, 0.2) is 47.4 Å². The molecular weight excluding hydrogens is 282 g/mol. The van der Waals surface area contributed by atoms with Gasteiger partial charge in [0.05, 0.1) is 4.90 Å². The molecule has 0 heterocycles. The van der Waals surface area contributed by atoms with Gasteiger partial charge in [0.2, 0.25) is 10.0 Å². The van der Waals surface area contributed by atoms with Gasteiger partial charge in [-0.2, -0.15) is 0 Å². The Morgan fingerprint density at radius 1 is 0.905 bits per heavy atom. The SMILES string of the molecule is Cc1cc(C)c([C@@H](C)NS(=O)(=O)c2ccccc2)cc1C. The highest BCUT2D eigenvalue weighted by Gasteiger charge is 2.19. The Labute approximate surface area is 127 Å². The van der Waals surface area contributed by atoms with Crippen molar-refractivity contribution in [2.45, 2.75) is 38.6 Å². The molecule has 1 atom stereocenters. The van der Waals surface area contributed by atoms with E-state index in [0.29, 0.717) is 4.90 Å². The summed E-state index contributed by atoms with van der Waals surface area (Å²) in [6.07, 6.45) is 0. The molecule has 1 N–H and O–H groups in total. The van der Waals surface area contributed by atoms with Crippen molar-refractivity contribution in [1.82, 2.24) is 4.72 Å². The molecule has 0 unspecified atom stereocenters. The van der Waals surface area contributed by atoms with Crippen LogP contribution in [-0.2, 0) is 10.0 Å². The third-order valence-electron chi connectivity index (χ3n) is 3.73. The first-order valence-corrected chi connectivity index (χ1v) is 8.44. The van der Waals surface area contributed by atoms with Crippen molar-refractivity contribution in [2.24, 2.45) is 0 Å². The summed E-state index contributed by atoms with van der Waals surface area (Å²) in [4.78, 5) is 0.290. The molecule has 0 fully saturated rings. The second-order valence-electron chi connectivity index (χ2n) is 5.45. The lowest BCUT2D eigenvalue weighted by molar-refractivity contribution is 0.566. The van der Waals surface area contributed by atoms with E-state index in [2.05, 4.69) is 23.8 Å². The van der Waals surface area contributed by atoms with E-state index < -0.39 is 10.0 Å². The molecule has 0 aliphatic heterocycles. The van der Waals surface area contributed by atoms with E-state index in [-0.39, 0.29) is 6.04 Å². The van der Waals surface area contributed by atoms with Gasteiger partial charge >= 0.3 is 0 Å². The molecule has 2 aromatic carbocycles. The minimum atomic E-state index is -3.50. The predicted octanol–water partition coefficient (Wildman–Crippen LogP) is 3.65. The summed E-state index contributed by atoms with van der Waals surface area (Å²) >= 11 is 0. The van der Waals surface area contributed by atoms with Crippen LogP contribution < -0.4 is 4.72 Å². The second-order valence-corrected chi connectivity index (χ2v) is 7.16. The minimum absolute atomic E-state index is 0.269. The zero-order chi connectivity index (χ0) is 15.6. The smallest absolute Gasteiger partial charge is 0.207 e. The first-order chi connectivity index (χ1) is 9.81. The van der Waals surface area contributed by atoms with Gasteiger partial charge in [-0.15, -0.1) is 0 Å². The van der Waals surface area contributed by atoms with Gasteiger partial charge in [0, 0.05) is 6.04 Å². The fourth-order valence-electron chi connectivity index (χ4n) is 2.41. The van der Waals surface area contributed by atoms with Gasteiger partial charge in [0.1, 0.15) is 0 Å². The van der Waals surface area contributed by atoms with E-state index in [1.807, 2.05) is 20.8 Å². The minimum Gasteiger partial charge on any atom is -0.207 e. The average Bonchev–Trinajstić information content (AvgIpc) is 2.43. The van der Waals surface area contributed by atoms with E-state index in [0.717, 1.165) is 11.1 Å². The maximum absolute atomic E-state index is 12.4. The average molecular weight is 303 g/mol. The summed E-state index contributed by atoms with van der Waals surface area (Å²) in [6.45, 7) is 7.98. The summed E-state index contributed by atoms with van der Waals surface area (Å²) in [7, 11) is -3.50. The summed E-state index contributed by atoms with van der Waals surface area (Å²) < 4.78 is 27.5. The van der Waals surface area contributed by atoms with Crippen LogP contribution in [0, 0.1) is 20.8 Å². The Morgan fingerprint density at radius 3 is 2.10 bits per heavy atom. The zero-order valence-corrected chi connectivity index (χ0v) is 13.7. The maximum atomic E-state index is 12.4. The highest BCUT2D eigenvalue weighted by Crippen LogP contribution is 2.23. The van der Waals surface area contributed by atoms with Crippen LogP contribution in [0.25, 0.3) is 0 Å². The van der Waals surface area contributed by atoms with Gasteiger partial charge in [-0.1, -0.05) is 30.3 Å². The lowest BCUT2D eigenvalue weighted by Crippen LogP contribution is -2.27. The highest BCUT2D eigenvalue weighted by atomic mass is 32.2. The largest absolute Gasteiger partial charge is 0.241 e. The first kappa shape index (κ1) is 15.7. The summed E-state index contributed by atoms with van der Waals surface area (Å²) in [6, 6.07) is 12.3. The van der Waals surface area contributed by atoms with E-state index in [9.17, 15) is 8.42 Å². The van der Waals surface area contributed by atoms with Crippen molar-refractivity contribution < 1.29 is 8.42 Å². The molecule has 0 radical (unpaired) electrons. The van der Waals surface area contributed by atoms with Crippen LogP contribution in [0.5, 0.6) is 0 Å². The van der Waals surface area contributed by atoms with Crippen molar-refractivity contribution in [1.29, 1.82) is 0 Å². The molecule has 0 aromatic heterocycles. The van der Waals surface area contributed by atoms with E-state index in [1.54, 1.807) is 30.3 Å². The monoisotopic (exact) mass is 303 g/mol. The zero-order valence-electron chi connectivity index (χ0n) is 12.8. The molecule has 2 rings (SSSR count). The number of aryl methyl sites for hydroxylation is 3. The summed E-state index contributed by atoms with van der Waals surface area (Å²) in [5.74, 6) is 0. The van der Waals surface area contributed by atoms with Crippen molar-refractivity contribution in [3.8, 4) is 0 Å². The third-order valence-corrected chi connectivity index (χ3v) is 5.29. The number of sulfonamides is 1. The quantitative estimate of drug-likeness (QED) is 0.937. The molecule has 0 spiro atoms. The Balaban J connectivity index is 2.30. The molecule has 4 heteroatoms. The topological polar surface area (TPSA) is 46.2 Å². The first-order valence-electron chi connectivity index (χ1n) is 6.96. The normalized spacial score (nSPS) is 13.1. The number of hydrogen-bond donors (Lipinski definition) is 1. The highest BCUT2D eigenvalue weighted by molar-refractivity contribution is 7.89. The van der Waals surface area contributed by atoms with E-state index in [1.165, 1.54) is 11.1 Å². The standard InChI is InChI=1S/C17H21NO2S/c1-12-10-14(3)17(11-13(12)2)15(4)18-21(19,20)16-8-6-5-7-9-16/h5-11,15,18H,1-4H3/t15-/m1/s1. The van der Waals surface area contributed by atoms with E-state index >= 15 is 0 Å². The third kappa shape index (κ3) is 3.52. The molecule has 0 saturated heterocycles. The molecule has 112 valence electrons.